The van der Waals surface area contributed by atoms with Gasteiger partial charge >= 0.3 is 6.18 Å². The fraction of sp³-hybridized carbons (Fsp3) is 0.0952. The normalized spacial score (nSPS) is 16.6. The largest absolute Gasteiger partial charge is 0.440 e. The van der Waals surface area contributed by atoms with Gasteiger partial charge in [-0.25, -0.2) is 0 Å². The van der Waals surface area contributed by atoms with Crippen LogP contribution in [0.1, 0.15) is 22.6 Å². The Bertz CT molecular complexity index is 1110. The molecule has 6 heteroatoms. The van der Waals surface area contributed by atoms with Crippen LogP contribution in [0.15, 0.2) is 72.1 Å². The molecule has 1 aliphatic heterocycles. The van der Waals surface area contributed by atoms with Gasteiger partial charge in [-0.15, -0.1) is 0 Å². The molecule has 1 heterocycles. The summed E-state index contributed by atoms with van der Waals surface area (Å²) in [5.41, 5.74) is 6.63. The summed E-state index contributed by atoms with van der Waals surface area (Å²) in [5.74, 6) is -0.146. The summed E-state index contributed by atoms with van der Waals surface area (Å²) >= 11 is 0. The van der Waals surface area contributed by atoms with Crippen molar-refractivity contribution in [3.8, 4) is 11.8 Å². The van der Waals surface area contributed by atoms with Gasteiger partial charge in [0.15, 0.2) is 0 Å². The lowest BCUT2D eigenvalue weighted by molar-refractivity contribution is -0.137. The Morgan fingerprint density at radius 1 is 0.963 bits per heavy atom. The predicted molar refractivity (Wildman–Crippen MR) is 94.7 cm³/mol. The van der Waals surface area contributed by atoms with E-state index in [4.69, 9.17) is 10.5 Å². The van der Waals surface area contributed by atoms with Gasteiger partial charge in [-0.05, 0) is 34.5 Å². The van der Waals surface area contributed by atoms with Gasteiger partial charge in [0, 0.05) is 5.56 Å². The molecule has 27 heavy (non-hydrogen) atoms. The lowest BCUT2D eigenvalue weighted by Gasteiger charge is -2.28. The van der Waals surface area contributed by atoms with E-state index in [2.05, 4.69) is 6.07 Å². The van der Waals surface area contributed by atoms with Gasteiger partial charge in [-0.2, -0.15) is 18.4 Å². The second-order valence-electron chi connectivity index (χ2n) is 6.24. The van der Waals surface area contributed by atoms with Gasteiger partial charge in [0.2, 0.25) is 5.88 Å². The molecular formula is C21H13F3N2O. The van der Waals surface area contributed by atoms with Gasteiger partial charge in [0.1, 0.15) is 17.4 Å². The first-order chi connectivity index (χ1) is 12.9. The van der Waals surface area contributed by atoms with Crippen LogP contribution < -0.4 is 10.5 Å². The highest BCUT2D eigenvalue weighted by molar-refractivity contribution is 5.90. The number of nitrogens with two attached hydrogens (primary N) is 1. The van der Waals surface area contributed by atoms with Crippen LogP contribution in [0, 0.1) is 11.3 Å². The first kappa shape index (κ1) is 17.0. The molecule has 0 fully saturated rings. The van der Waals surface area contributed by atoms with E-state index in [0.717, 1.165) is 28.5 Å². The minimum atomic E-state index is -4.42. The van der Waals surface area contributed by atoms with Crippen molar-refractivity contribution in [1.29, 1.82) is 5.26 Å². The number of alkyl halides is 3. The van der Waals surface area contributed by atoms with Crippen molar-refractivity contribution in [2.24, 2.45) is 5.73 Å². The van der Waals surface area contributed by atoms with Crippen molar-refractivity contribution in [3.63, 3.8) is 0 Å². The van der Waals surface area contributed by atoms with Crippen molar-refractivity contribution in [1.82, 2.24) is 0 Å². The number of benzene rings is 3. The summed E-state index contributed by atoms with van der Waals surface area (Å²) in [6.07, 6.45) is -4.42. The van der Waals surface area contributed by atoms with Crippen LogP contribution >= 0.6 is 0 Å². The first-order valence-electron chi connectivity index (χ1n) is 8.16. The Balaban J connectivity index is 1.96. The number of nitrogens with zero attached hydrogens (tertiary/aromatic N) is 1. The first-order valence-corrected chi connectivity index (χ1v) is 8.16. The molecule has 3 aromatic rings. The van der Waals surface area contributed by atoms with Crippen molar-refractivity contribution in [2.75, 3.05) is 0 Å². The van der Waals surface area contributed by atoms with Crippen LogP contribution in [-0.2, 0) is 6.18 Å². The standard InChI is InChI=1S/C21H13F3N2O/c22-21(23,24)14-8-5-13(6-9-14)18-16(11-25)20(26)27-17-10-7-12-3-1-2-4-15(12)19(17)18/h1-10,18H,26H2/t18-/m1/s1. The lowest BCUT2D eigenvalue weighted by atomic mass is 9.81. The molecule has 3 nitrogen and oxygen atoms in total. The van der Waals surface area contributed by atoms with E-state index in [1.807, 2.05) is 30.3 Å². The van der Waals surface area contributed by atoms with Gasteiger partial charge in [0.25, 0.3) is 0 Å². The third kappa shape index (κ3) is 2.77. The van der Waals surface area contributed by atoms with E-state index >= 15 is 0 Å². The van der Waals surface area contributed by atoms with Gasteiger partial charge < -0.3 is 10.5 Å². The van der Waals surface area contributed by atoms with E-state index in [1.165, 1.54) is 12.1 Å². The van der Waals surface area contributed by atoms with Crippen LogP contribution in [-0.4, -0.2) is 0 Å². The minimum Gasteiger partial charge on any atom is -0.440 e. The number of hydrogen-bond acceptors (Lipinski definition) is 3. The second-order valence-corrected chi connectivity index (χ2v) is 6.24. The maximum absolute atomic E-state index is 12.9. The Hall–Kier alpha value is -3.46. The summed E-state index contributed by atoms with van der Waals surface area (Å²) in [5, 5.41) is 11.4. The Labute approximate surface area is 153 Å². The zero-order valence-corrected chi connectivity index (χ0v) is 13.9. The van der Waals surface area contributed by atoms with Gasteiger partial charge in [-0.1, -0.05) is 42.5 Å². The average molecular weight is 366 g/mol. The van der Waals surface area contributed by atoms with Crippen LogP contribution in [0.4, 0.5) is 13.2 Å². The van der Waals surface area contributed by atoms with Crippen molar-refractivity contribution in [3.05, 3.63) is 88.8 Å². The lowest BCUT2D eigenvalue weighted by Crippen LogP contribution is -2.21. The van der Waals surface area contributed by atoms with E-state index in [0.29, 0.717) is 11.3 Å². The molecule has 0 unspecified atom stereocenters. The topological polar surface area (TPSA) is 59.0 Å². The number of ether oxygens (including phenoxy) is 1. The molecule has 0 saturated heterocycles. The van der Waals surface area contributed by atoms with Crippen LogP contribution in [0.5, 0.6) is 5.75 Å². The molecule has 1 atom stereocenters. The minimum absolute atomic E-state index is 0.0369. The SMILES string of the molecule is N#CC1=C(N)Oc2ccc3ccccc3c2[C@@H]1c1ccc(C(F)(F)F)cc1. The van der Waals surface area contributed by atoms with E-state index in [-0.39, 0.29) is 11.5 Å². The monoisotopic (exact) mass is 366 g/mol. The fourth-order valence-corrected chi connectivity index (χ4v) is 3.44. The second kappa shape index (κ2) is 6.06. The average Bonchev–Trinajstić information content (AvgIpc) is 2.66. The molecular weight excluding hydrogens is 353 g/mol. The van der Waals surface area contributed by atoms with Crippen molar-refractivity contribution in [2.45, 2.75) is 12.1 Å². The molecule has 0 spiro atoms. The summed E-state index contributed by atoms with van der Waals surface area (Å²) in [6, 6.07) is 18.1. The highest BCUT2D eigenvalue weighted by atomic mass is 19.4. The Morgan fingerprint density at radius 3 is 2.33 bits per heavy atom. The van der Waals surface area contributed by atoms with E-state index in [9.17, 15) is 18.4 Å². The van der Waals surface area contributed by atoms with Gasteiger partial charge in [-0.3, -0.25) is 0 Å². The molecule has 0 bridgehead atoms. The third-order valence-corrected chi connectivity index (χ3v) is 4.69. The fourth-order valence-electron chi connectivity index (χ4n) is 3.44. The predicted octanol–water partition coefficient (Wildman–Crippen LogP) is 5.08. The zero-order valence-electron chi connectivity index (χ0n) is 13.9. The number of fused-ring (bicyclic) bond motifs is 3. The molecule has 0 saturated carbocycles. The van der Waals surface area contributed by atoms with Crippen LogP contribution in [0.3, 0.4) is 0 Å². The maximum atomic E-state index is 12.9. The summed E-state index contributed by atoms with van der Waals surface area (Å²) in [6.45, 7) is 0. The molecule has 0 amide bonds. The highest BCUT2D eigenvalue weighted by Crippen LogP contribution is 2.45. The molecule has 0 aliphatic carbocycles. The summed E-state index contributed by atoms with van der Waals surface area (Å²) in [4.78, 5) is 0. The molecule has 3 aromatic carbocycles. The number of rotatable bonds is 1. The number of halogens is 3. The summed E-state index contributed by atoms with van der Waals surface area (Å²) < 4.78 is 44.4. The molecule has 0 aromatic heterocycles. The Morgan fingerprint density at radius 2 is 1.67 bits per heavy atom. The molecule has 4 rings (SSSR count). The molecule has 134 valence electrons. The van der Waals surface area contributed by atoms with Crippen LogP contribution in [0.25, 0.3) is 10.8 Å². The molecule has 1 aliphatic rings. The third-order valence-electron chi connectivity index (χ3n) is 4.69. The van der Waals surface area contributed by atoms with Crippen molar-refractivity contribution < 1.29 is 17.9 Å². The molecule has 2 N–H and O–H groups in total. The zero-order chi connectivity index (χ0) is 19.2. The molecule has 0 radical (unpaired) electrons. The van der Waals surface area contributed by atoms with Crippen LogP contribution in [0.2, 0.25) is 0 Å². The Kier molecular flexibility index (Phi) is 3.81. The van der Waals surface area contributed by atoms with E-state index < -0.39 is 17.7 Å². The summed E-state index contributed by atoms with van der Waals surface area (Å²) in [7, 11) is 0. The highest BCUT2D eigenvalue weighted by Gasteiger charge is 2.34. The smallest absolute Gasteiger partial charge is 0.416 e. The number of allylic oxidation sites excluding steroid dienone is 1. The number of nitriles is 1. The van der Waals surface area contributed by atoms with Gasteiger partial charge in [0.05, 0.1) is 11.5 Å². The quantitative estimate of drug-likeness (QED) is 0.654. The maximum Gasteiger partial charge on any atom is 0.416 e. The van der Waals surface area contributed by atoms with Crippen molar-refractivity contribution >= 4 is 10.8 Å². The number of hydrogen-bond donors (Lipinski definition) is 1. The van der Waals surface area contributed by atoms with E-state index in [1.54, 1.807) is 6.07 Å².